The molecule has 0 saturated heterocycles. The molecular weight excluding hydrogens is 342 g/mol. The van der Waals surface area contributed by atoms with Gasteiger partial charge in [0.2, 0.25) is 0 Å². The van der Waals surface area contributed by atoms with E-state index in [0.717, 1.165) is 25.7 Å². The summed E-state index contributed by atoms with van der Waals surface area (Å²) in [6.07, 6.45) is 9.19. The van der Waals surface area contributed by atoms with Gasteiger partial charge in [0.1, 0.15) is 0 Å². The highest BCUT2D eigenvalue weighted by molar-refractivity contribution is 6.08. The Morgan fingerprint density at radius 3 is 1.82 bits per heavy atom. The van der Waals surface area contributed by atoms with Crippen LogP contribution in [0.3, 0.4) is 0 Å². The maximum atomic E-state index is 8.75. The molecule has 0 aliphatic heterocycles. The molecule has 0 fully saturated rings. The van der Waals surface area contributed by atoms with E-state index in [9.17, 15) is 0 Å². The van der Waals surface area contributed by atoms with E-state index in [1.54, 1.807) is 0 Å². The van der Waals surface area contributed by atoms with Crippen LogP contribution in [0.25, 0.3) is 21.8 Å². The van der Waals surface area contributed by atoms with Crippen molar-refractivity contribution in [3.63, 3.8) is 0 Å². The highest BCUT2D eigenvalue weighted by atomic mass is 16.2. The van der Waals surface area contributed by atoms with Crippen LogP contribution in [0, 0.1) is 23.7 Å². The van der Waals surface area contributed by atoms with Gasteiger partial charge >= 0.3 is 0 Å². The van der Waals surface area contributed by atoms with Gasteiger partial charge in [-0.2, -0.15) is 0 Å². The molecule has 0 amide bonds. The average molecular weight is 372 g/mol. The van der Waals surface area contributed by atoms with Crippen LogP contribution in [0.15, 0.2) is 48.5 Å². The Kier molecular flexibility index (Phi) is 8.05. The third-order valence-corrected chi connectivity index (χ3v) is 5.12. The number of hydrogen-bond donors (Lipinski definition) is 1. The summed E-state index contributed by atoms with van der Waals surface area (Å²) >= 11 is 0. The Labute approximate surface area is 168 Å². The molecule has 0 spiro atoms. The van der Waals surface area contributed by atoms with Gasteiger partial charge in [0.15, 0.2) is 0 Å². The molecule has 2 heteroatoms. The number of hydrogen-bond acceptors (Lipinski definition) is 1. The molecule has 2 nitrogen and oxygen atoms in total. The first kappa shape index (κ1) is 20.1. The Hall–Kier alpha value is -2.68. The SMILES string of the molecule is OCCCCCCCCCC#CC#CCn1c2ccccc2c2ccccc21. The van der Waals surface area contributed by atoms with Crippen LogP contribution in [-0.2, 0) is 6.54 Å². The summed E-state index contributed by atoms with van der Waals surface area (Å²) in [4.78, 5) is 0. The Balaban J connectivity index is 1.47. The molecule has 1 aromatic heterocycles. The van der Waals surface area contributed by atoms with Gasteiger partial charge in [-0.1, -0.05) is 80.3 Å². The number of aliphatic hydroxyl groups is 1. The first-order valence-electron chi connectivity index (χ1n) is 10.4. The Bertz CT molecular complexity index is 953. The lowest BCUT2D eigenvalue weighted by atomic mass is 10.1. The molecule has 1 N–H and O–H groups in total. The molecule has 0 saturated carbocycles. The number of aromatic nitrogens is 1. The average Bonchev–Trinajstić information content (AvgIpc) is 3.05. The molecule has 0 radical (unpaired) electrons. The van der Waals surface area contributed by atoms with Crippen LogP contribution in [-0.4, -0.2) is 16.3 Å². The fourth-order valence-corrected chi connectivity index (χ4v) is 3.65. The van der Waals surface area contributed by atoms with Crippen LogP contribution in [0.5, 0.6) is 0 Å². The Morgan fingerprint density at radius 2 is 1.18 bits per heavy atom. The largest absolute Gasteiger partial charge is 0.396 e. The molecule has 1 heterocycles. The molecule has 0 bridgehead atoms. The summed E-state index contributed by atoms with van der Waals surface area (Å²) < 4.78 is 2.27. The van der Waals surface area contributed by atoms with Crippen molar-refractivity contribution in [3.05, 3.63) is 48.5 Å². The zero-order chi connectivity index (χ0) is 19.4. The summed E-state index contributed by atoms with van der Waals surface area (Å²) in [7, 11) is 0. The number of fused-ring (bicyclic) bond motifs is 3. The van der Waals surface area contributed by atoms with Crippen molar-refractivity contribution in [2.45, 2.75) is 57.9 Å². The first-order chi connectivity index (χ1) is 13.9. The number of nitrogens with zero attached hydrogens (tertiary/aromatic N) is 1. The lowest BCUT2D eigenvalue weighted by Crippen LogP contribution is -1.94. The minimum Gasteiger partial charge on any atom is -0.396 e. The number of para-hydroxylation sites is 2. The molecule has 28 heavy (non-hydrogen) atoms. The second-order valence-electron chi connectivity index (χ2n) is 7.17. The van der Waals surface area contributed by atoms with Crippen molar-refractivity contribution in [3.8, 4) is 23.7 Å². The van der Waals surface area contributed by atoms with Gasteiger partial charge in [-0.25, -0.2) is 0 Å². The number of benzene rings is 2. The normalized spacial score (nSPS) is 10.5. The van der Waals surface area contributed by atoms with Gasteiger partial charge < -0.3 is 9.67 Å². The van der Waals surface area contributed by atoms with E-state index in [0.29, 0.717) is 13.2 Å². The van der Waals surface area contributed by atoms with Crippen LogP contribution in [0.4, 0.5) is 0 Å². The monoisotopic (exact) mass is 371 g/mol. The molecular formula is C26H29NO. The van der Waals surface area contributed by atoms with Crippen molar-refractivity contribution in [1.29, 1.82) is 0 Å². The van der Waals surface area contributed by atoms with Gasteiger partial charge in [-0.05, 0) is 36.8 Å². The molecule has 3 aromatic rings. The quantitative estimate of drug-likeness (QED) is 0.367. The third-order valence-electron chi connectivity index (χ3n) is 5.12. The van der Waals surface area contributed by atoms with E-state index in [1.165, 1.54) is 47.5 Å². The summed E-state index contributed by atoms with van der Waals surface area (Å²) in [5.41, 5.74) is 2.45. The highest BCUT2D eigenvalue weighted by Gasteiger charge is 2.07. The fourth-order valence-electron chi connectivity index (χ4n) is 3.65. The van der Waals surface area contributed by atoms with Crippen molar-refractivity contribution in [2.75, 3.05) is 6.61 Å². The predicted octanol–water partition coefficient (Wildman–Crippen LogP) is 5.91. The summed E-state index contributed by atoms with van der Waals surface area (Å²) in [6, 6.07) is 17.0. The standard InChI is InChI=1S/C26H29NO/c28-22-16-10-8-6-4-2-1-3-5-7-9-15-21-27-25-19-13-11-17-23(25)24-18-12-14-20-26(24)27/h11-14,17-20,28H,1-4,6,8,10,16,21-22H2. The lowest BCUT2D eigenvalue weighted by molar-refractivity contribution is 0.282. The topological polar surface area (TPSA) is 25.2 Å². The molecule has 2 aromatic carbocycles. The predicted molar refractivity (Wildman–Crippen MR) is 119 cm³/mol. The highest BCUT2D eigenvalue weighted by Crippen LogP contribution is 2.28. The van der Waals surface area contributed by atoms with Crippen molar-refractivity contribution in [1.82, 2.24) is 4.57 Å². The van der Waals surface area contributed by atoms with Gasteiger partial charge in [-0.3, -0.25) is 0 Å². The lowest BCUT2D eigenvalue weighted by Gasteiger charge is -2.01. The Morgan fingerprint density at radius 1 is 0.643 bits per heavy atom. The van der Waals surface area contributed by atoms with Crippen LogP contribution >= 0.6 is 0 Å². The van der Waals surface area contributed by atoms with E-state index in [4.69, 9.17) is 5.11 Å². The molecule has 0 atom stereocenters. The van der Waals surface area contributed by atoms with E-state index in [1.807, 2.05) is 0 Å². The van der Waals surface area contributed by atoms with E-state index >= 15 is 0 Å². The zero-order valence-corrected chi connectivity index (χ0v) is 16.6. The maximum Gasteiger partial charge on any atom is 0.0853 e. The van der Waals surface area contributed by atoms with Crippen molar-refractivity contribution in [2.24, 2.45) is 0 Å². The van der Waals surface area contributed by atoms with Gasteiger partial charge in [0.05, 0.1) is 6.54 Å². The molecule has 0 unspecified atom stereocenters. The first-order valence-corrected chi connectivity index (χ1v) is 10.4. The van der Waals surface area contributed by atoms with Crippen LogP contribution in [0.2, 0.25) is 0 Å². The maximum absolute atomic E-state index is 8.75. The van der Waals surface area contributed by atoms with Crippen molar-refractivity contribution < 1.29 is 5.11 Å². The zero-order valence-electron chi connectivity index (χ0n) is 16.6. The number of unbranched alkanes of at least 4 members (excludes halogenated alkanes) is 7. The molecule has 3 rings (SSSR count). The second kappa shape index (κ2) is 11.2. The van der Waals surface area contributed by atoms with E-state index in [2.05, 4.69) is 76.8 Å². The number of rotatable bonds is 9. The minimum absolute atomic E-state index is 0.327. The fraction of sp³-hybridized carbons (Fsp3) is 0.385. The van der Waals surface area contributed by atoms with Gasteiger partial charge in [-0.15, -0.1) is 0 Å². The van der Waals surface area contributed by atoms with E-state index < -0.39 is 0 Å². The van der Waals surface area contributed by atoms with E-state index in [-0.39, 0.29) is 0 Å². The van der Waals surface area contributed by atoms with Gasteiger partial charge in [0.25, 0.3) is 0 Å². The third kappa shape index (κ3) is 5.41. The summed E-state index contributed by atoms with van der Waals surface area (Å²) in [6.45, 7) is 0.990. The molecule has 144 valence electrons. The minimum atomic E-state index is 0.327. The van der Waals surface area contributed by atoms with Gasteiger partial charge in [0, 0.05) is 34.8 Å². The second-order valence-corrected chi connectivity index (χ2v) is 7.17. The summed E-state index contributed by atoms with van der Waals surface area (Å²) in [5, 5.41) is 11.3. The van der Waals surface area contributed by atoms with Crippen molar-refractivity contribution >= 4 is 21.8 Å². The molecule has 0 aliphatic rings. The smallest absolute Gasteiger partial charge is 0.0853 e. The number of aliphatic hydroxyl groups excluding tert-OH is 1. The van der Waals surface area contributed by atoms with Crippen LogP contribution in [0.1, 0.15) is 51.4 Å². The van der Waals surface area contributed by atoms with Crippen LogP contribution < -0.4 is 0 Å². The molecule has 0 aliphatic carbocycles. The summed E-state index contributed by atoms with van der Waals surface area (Å²) in [5.74, 6) is 12.4.